The minimum atomic E-state index is -4.62. The predicted octanol–water partition coefficient (Wildman–Crippen LogP) is 1.33. The van der Waals surface area contributed by atoms with E-state index >= 15 is 0 Å². The maximum Gasteiger partial charge on any atom is 0.422 e. The van der Waals surface area contributed by atoms with Crippen molar-refractivity contribution in [2.45, 2.75) is 6.18 Å². The molecule has 0 aliphatic heterocycles. The molecule has 0 atom stereocenters. The molecule has 0 saturated heterocycles. The minimum absolute atomic E-state index is 0.0948. The van der Waals surface area contributed by atoms with E-state index in [1.807, 2.05) is 0 Å². The van der Waals surface area contributed by atoms with Crippen LogP contribution in [0.4, 0.5) is 23.7 Å². The van der Waals surface area contributed by atoms with Gasteiger partial charge >= 0.3 is 23.4 Å². The Morgan fingerprint density at radius 1 is 1.14 bits per heavy atom. The number of rotatable bonds is 2. The fraction of sp³-hybridized carbons (Fsp3) is 0.182. The summed E-state index contributed by atoms with van der Waals surface area (Å²) in [5.41, 5.74) is -1.13. The van der Waals surface area contributed by atoms with Crippen molar-refractivity contribution in [3.8, 4) is 0 Å². The zero-order valence-electron chi connectivity index (χ0n) is 10.2. The van der Waals surface area contributed by atoms with E-state index < -0.39 is 30.0 Å². The summed E-state index contributed by atoms with van der Waals surface area (Å²) in [6.45, 7) is -1.71. The van der Waals surface area contributed by atoms with Crippen molar-refractivity contribution < 1.29 is 22.7 Å². The first kappa shape index (κ1) is 14.6. The Morgan fingerprint density at radius 2 is 1.76 bits per heavy atom. The number of alkyl halides is 3. The molecule has 0 bridgehead atoms. The molecule has 112 valence electrons. The second-order valence-electron chi connectivity index (χ2n) is 3.98. The number of fused-ring (bicyclic) bond motifs is 1. The normalized spacial score (nSPS) is 11.4. The summed E-state index contributed by atoms with van der Waals surface area (Å²) in [6, 6.07) is 3.96. The SMILES string of the molecule is O=C(Nc1ccc2[nH]c(=O)c(=O)[nH]c2c1)OCC(F)(F)F. The highest BCUT2D eigenvalue weighted by atomic mass is 19.4. The molecule has 1 heterocycles. The number of hydrogen-bond donors (Lipinski definition) is 3. The highest BCUT2D eigenvalue weighted by Gasteiger charge is 2.29. The zero-order chi connectivity index (χ0) is 15.6. The van der Waals surface area contributed by atoms with Crippen LogP contribution in [0, 0.1) is 0 Å². The number of aromatic nitrogens is 2. The van der Waals surface area contributed by atoms with E-state index in [1.54, 1.807) is 0 Å². The van der Waals surface area contributed by atoms with Gasteiger partial charge in [-0.15, -0.1) is 0 Å². The summed E-state index contributed by atoms with van der Waals surface area (Å²) in [6.07, 6.45) is -5.91. The Hall–Kier alpha value is -2.78. The number of ether oxygens (including phenoxy) is 1. The first-order chi connectivity index (χ1) is 9.74. The summed E-state index contributed by atoms with van der Waals surface area (Å²) in [5.74, 6) is 0. The fourth-order valence-corrected chi connectivity index (χ4v) is 1.49. The van der Waals surface area contributed by atoms with Crippen LogP contribution in [0.3, 0.4) is 0 Å². The van der Waals surface area contributed by atoms with Gasteiger partial charge in [-0.1, -0.05) is 0 Å². The zero-order valence-corrected chi connectivity index (χ0v) is 10.2. The predicted molar refractivity (Wildman–Crippen MR) is 66.2 cm³/mol. The molecular weight excluding hydrogens is 295 g/mol. The number of anilines is 1. The molecule has 3 N–H and O–H groups in total. The van der Waals surface area contributed by atoms with Gasteiger partial charge in [0, 0.05) is 5.69 Å². The van der Waals surface area contributed by atoms with Crippen LogP contribution in [0.15, 0.2) is 27.8 Å². The molecule has 1 aromatic heterocycles. The minimum Gasteiger partial charge on any atom is -0.440 e. The van der Waals surface area contributed by atoms with Gasteiger partial charge in [0.25, 0.3) is 0 Å². The van der Waals surface area contributed by atoms with Gasteiger partial charge in [-0.3, -0.25) is 14.9 Å². The third-order valence-corrected chi connectivity index (χ3v) is 2.34. The highest BCUT2D eigenvalue weighted by Crippen LogP contribution is 2.16. The number of nitrogens with one attached hydrogen (secondary N) is 3. The molecule has 0 fully saturated rings. The van der Waals surface area contributed by atoms with Crippen LogP contribution in [0.1, 0.15) is 0 Å². The van der Waals surface area contributed by atoms with Crippen LogP contribution in [0.2, 0.25) is 0 Å². The maximum atomic E-state index is 11.9. The van der Waals surface area contributed by atoms with E-state index in [0.29, 0.717) is 5.52 Å². The lowest BCUT2D eigenvalue weighted by Crippen LogP contribution is -2.29. The average molecular weight is 303 g/mol. The van der Waals surface area contributed by atoms with Gasteiger partial charge in [-0.2, -0.15) is 13.2 Å². The maximum absolute atomic E-state index is 11.9. The van der Waals surface area contributed by atoms with Crippen LogP contribution < -0.4 is 16.4 Å². The Bertz CT molecular complexity index is 794. The Morgan fingerprint density at radius 3 is 2.38 bits per heavy atom. The van der Waals surface area contributed by atoms with Crippen LogP contribution >= 0.6 is 0 Å². The number of halogens is 3. The molecule has 0 aliphatic carbocycles. The summed E-state index contributed by atoms with van der Waals surface area (Å²) in [5, 5.41) is 2.07. The number of H-pyrrole nitrogens is 2. The summed E-state index contributed by atoms with van der Waals surface area (Å²) in [4.78, 5) is 37.9. The summed E-state index contributed by atoms with van der Waals surface area (Å²) < 4.78 is 39.6. The van der Waals surface area contributed by atoms with Gasteiger partial charge < -0.3 is 14.7 Å². The number of benzene rings is 1. The molecule has 7 nitrogen and oxygen atoms in total. The van der Waals surface area contributed by atoms with Crippen molar-refractivity contribution in [2.75, 3.05) is 11.9 Å². The number of amides is 1. The first-order valence-corrected chi connectivity index (χ1v) is 5.51. The average Bonchev–Trinajstić information content (AvgIpc) is 2.37. The third kappa shape index (κ3) is 3.84. The van der Waals surface area contributed by atoms with E-state index in [9.17, 15) is 27.6 Å². The van der Waals surface area contributed by atoms with E-state index in [1.165, 1.54) is 18.2 Å². The number of carbonyl (C=O) groups is 1. The van der Waals surface area contributed by atoms with Gasteiger partial charge in [0.2, 0.25) is 0 Å². The van der Waals surface area contributed by atoms with Crippen LogP contribution in [-0.2, 0) is 4.74 Å². The molecule has 2 aromatic rings. The first-order valence-electron chi connectivity index (χ1n) is 5.51. The van der Waals surface area contributed by atoms with Crippen LogP contribution in [-0.4, -0.2) is 28.8 Å². The molecule has 2 rings (SSSR count). The highest BCUT2D eigenvalue weighted by molar-refractivity contribution is 5.88. The van der Waals surface area contributed by atoms with Gasteiger partial charge in [-0.25, -0.2) is 4.79 Å². The number of carbonyl (C=O) groups excluding carboxylic acids is 1. The molecule has 0 unspecified atom stereocenters. The van der Waals surface area contributed by atoms with Crippen molar-refractivity contribution in [1.82, 2.24) is 9.97 Å². The lowest BCUT2D eigenvalue weighted by Gasteiger charge is -2.09. The van der Waals surface area contributed by atoms with E-state index in [-0.39, 0.29) is 11.2 Å². The Kier molecular flexibility index (Phi) is 3.70. The molecule has 0 aliphatic rings. The fourth-order valence-electron chi connectivity index (χ4n) is 1.49. The molecule has 1 aromatic carbocycles. The summed E-state index contributed by atoms with van der Waals surface area (Å²) >= 11 is 0. The van der Waals surface area contributed by atoms with Gasteiger partial charge in [0.05, 0.1) is 11.0 Å². The van der Waals surface area contributed by atoms with Gasteiger partial charge in [0.1, 0.15) is 0 Å². The monoisotopic (exact) mass is 303 g/mol. The lowest BCUT2D eigenvalue weighted by molar-refractivity contribution is -0.159. The Labute approximate surface area is 113 Å². The number of hydrogen-bond acceptors (Lipinski definition) is 4. The van der Waals surface area contributed by atoms with Crippen molar-refractivity contribution in [3.05, 3.63) is 38.9 Å². The topological polar surface area (TPSA) is 104 Å². The van der Waals surface area contributed by atoms with Crippen molar-refractivity contribution in [3.63, 3.8) is 0 Å². The van der Waals surface area contributed by atoms with Crippen molar-refractivity contribution in [1.29, 1.82) is 0 Å². The van der Waals surface area contributed by atoms with Crippen LogP contribution in [0.25, 0.3) is 11.0 Å². The molecule has 1 amide bonds. The standard InChI is InChI=1S/C11H8F3N3O4/c12-11(13,14)4-21-10(20)15-5-1-2-6-7(3-5)17-9(19)8(18)16-6/h1-3H,4H2,(H,15,20)(H,16,18)(H,17,19). The van der Waals surface area contributed by atoms with E-state index in [0.717, 1.165) is 0 Å². The second kappa shape index (κ2) is 5.31. The quantitative estimate of drug-likeness (QED) is 0.728. The molecule has 10 heteroatoms. The third-order valence-electron chi connectivity index (χ3n) is 2.34. The molecular formula is C11H8F3N3O4. The molecule has 0 radical (unpaired) electrons. The summed E-state index contributed by atoms with van der Waals surface area (Å²) in [7, 11) is 0. The smallest absolute Gasteiger partial charge is 0.422 e. The largest absolute Gasteiger partial charge is 0.440 e. The van der Waals surface area contributed by atoms with Gasteiger partial charge in [-0.05, 0) is 18.2 Å². The molecule has 0 saturated carbocycles. The van der Waals surface area contributed by atoms with Gasteiger partial charge in [0.15, 0.2) is 6.61 Å². The molecule has 0 spiro atoms. The van der Waals surface area contributed by atoms with E-state index in [4.69, 9.17) is 0 Å². The Balaban J connectivity index is 2.16. The molecule has 21 heavy (non-hydrogen) atoms. The number of aromatic amines is 2. The van der Waals surface area contributed by atoms with Crippen molar-refractivity contribution in [2.24, 2.45) is 0 Å². The lowest BCUT2D eigenvalue weighted by atomic mass is 10.2. The van der Waals surface area contributed by atoms with Crippen molar-refractivity contribution >= 4 is 22.8 Å². The van der Waals surface area contributed by atoms with E-state index in [2.05, 4.69) is 20.0 Å². The van der Waals surface area contributed by atoms with Crippen LogP contribution in [0.5, 0.6) is 0 Å². The second-order valence-corrected chi connectivity index (χ2v) is 3.98.